The van der Waals surface area contributed by atoms with E-state index in [-0.39, 0.29) is 17.2 Å². The molecule has 0 fully saturated rings. The molecule has 0 unspecified atom stereocenters. The Morgan fingerprint density at radius 1 is 1.44 bits per heavy atom. The Morgan fingerprint density at radius 2 is 2.22 bits per heavy atom. The van der Waals surface area contributed by atoms with E-state index in [2.05, 4.69) is 11.9 Å². The summed E-state index contributed by atoms with van der Waals surface area (Å²) >= 11 is 7.33. The zero-order valence-electron chi connectivity index (χ0n) is 14.8. The van der Waals surface area contributed by atoms with E-state index in [0.717, 1.165) is 4.88 Å². The summed E-state index contributed by atoms with van der Waals surface area (Å²) in [6.07, 6.45) is 1.61. The van der Waals surface area contributed by atoms with Gasteiger partial charge in [-0.25, -0.2) is 0 Å². The Labute approximate surface area is 166 Å². The van der Waals surface area contributed by atoms with Gasteiger partial charge < -0.3 is 15.0 Å². The van der Waals surface area contributed by atoms with E-state index in [0.29, 0.717) is 36.3 Å². The predicted octanol–water partition coefficient (Wildman–Crippen LogP) is 4.20. The summed E-state index contributed by atoms with van der Waals surface area (Å²) in [6.45, 7) is 5.18. The lowest BCUT2D eigenvalue weighted by Crippen LogP contribution is -2.30. The molecule has 0 aliphatic rings. The second-order valence-corrected chi connectivity index (χ2v) is 7.39. The topological polar surface area (TPSA) is 84.7 Å². The Kier molecular flexibility index (Phi) is 7.78. The van der Waals surface area contributed by atoms with Crippen LogP contribution in [-0.4, -0.2) is 42.5 Å². The van der Waals surface area contributed by atoms with E-state index in [9.17, 15) is 14.9 Å². The maximum absolute atomic E-state index is 12.9. The van der Waals surface area contributed by atoms with Gasteiger partial charge in [0.1, 0.15) is 5.69 Å². The summed E-state index contributed by atoms with van der Waals surface area (Å²) in [5.41, 5.74) is 0.423. The molecule has 0 spiro atoms. The third kappa shape index (κ3) is 5.78. The summed E-state index contributed by atoms with van der Waals surface area (Å²) in [5, 5.41) is 14.3. The lowest BCUT2D eigenvalue weighted by atomic mass is 10.1. The summed E-state index contributed by atoms with van der Waals surface area (Å²) in [4.78, 5) is 26.2. The molecular formula is C18H20ClN3O4S. The molecule has 0 saturated heterocycles. The second kappa shape index (κ2) is 10.1. The number of nitrogens with one attached hydrogen (secondary N) is 1. The summed E-state index contributed by atoms with van der Waals surface area (Å²) in [6, 6.07) is 8.01. The SMILES string of the molecule is C=CCN(Cc1ccc(Cl)s1)C(=O)c1ccc(NCCOC)c([N+](=O)[O-])c1. The molecule has 2 aromatic rings. The van der Waals surface area contributed by atoms with Crippen LogP contribution in [0.25, 0.3) is 0 Å². The van der Waals surface area contributed by atoms with Crippen molar-refractivity contribution in [3.05, 3.63) is 67.9 Å². The van der Waals surface area contributed by atoms with Crippen molar-refractivity contribution in [2.75, 3.05) is 32.1 Å². The minimum atomic E-state index is -0.511. The van der Waals surface area contributed by atoms with Crippen molar-refractivity contribution in [2.24, 2.45) is 0 Å². The minimum absolute atomic E-state index is 0.158. The Bertz CT molecular complexity index is 825. The molecule has 1 N–H and O–H groups in total. The highest BCUT2D eigenvalue weighted by Crippen LogP contribution is 2.27. The highest BCUT2D eigenvalue weighted by atomic mass is 35.5. The third-order valence-electron chi connectivity index (χ3n) is 3.68. The van der Waals surface area contributed by atoms with E-state index in [1.165, 1.54) is 23.5 Å². The first-order valence-corrected chi connectivity index (χ1v) is 9.31. The zero-order valence-corrected chi connectivity index (χ0v) is 16.4. The maximum atomic E-state index is 12.9. The number of carbonyl (C=O) groups is 1. The quantitative estimate of drug-likeness (QED) is 0.275. The molecule has 0 radical (unpaired) electrons. The van der Waals surface area contributed by atoms with Crippen molar-refractivity contribution in [3.63, 3.8) is 0 Å². The second-order valence-electron chi connectivity index (χ2n) is 5.59. The molecule has 144 valence electrons. The van der Waals surface area contributed by atoms with Crippen LogP contribution in [0.4, 0.5) is 11.4 Å². The van der Waals surface area contributed by atoms with Gasteiger partial charge in [0, 0.05) is 36.7 Å². The maximum Gasteiger partial charge on any atom is 0.293 e. The van der Waals surface area contributed by atoms with Crippen molar-refractivity contribution in [1.82, 2.24) is 4.90 Å². The average Bonchev–Trinajstić information content (AvgIpc) is 3.06. The number of thiophene rings is 1. The van der Waals surface area contributed by atoms with Crippen LogP contribution in [0.2, 0.25) is 4.34 Å². The predicted molar refractivity (Wildman–Crippen MR) is 108 cm³/mol. The van der Waals surface area contributed by atoms with Gasteiger partial charge in [0.25, 0.3) is 11.6 Å². The van der Waals surface area contributed by atoms with Crippen LogP contribution in [0.15, 0.2) is 43.0 Å². The molecule has 0 saturated carbocycles. The third-order valence-corrected chi connectivity index (χ3v) is 4.89. The summed E-state index contributed by atoms with van der Waals surface area (Å²) in [5.74, 6) is -0.314. The standard InChI is InChI=1S/C18H20ClN3O4S/c1-3-9-21(12-14-5-7-17(19)27-14)18(23)13-4-6-15(20-8-10-26-2)16(11-13)22(24)25/h3-7,11,20H,1,8-10,12H2,2H3. The average molecular weight is 410 g/mol. The van der Waals surface area contributed by atoms with Gasteiger partial charge in [0.05, 0.1) is 22.4 Å². The lowest BCUT2D eigenvalue weighted by molar-refractivity contribution is -0.384. The van der Waals surface area contributed by atoms with Crippen molar-refractivity contribution >= 4 is 40.2 Å². The number of nitro benzene ring substituents is 1. The number of nitro groups is 1. The van der Waals surface area contributed by atoms with Crippen molar-refractivity contribution < 1.29 is 14.5 Å². The summed E-state index contributed by atoms with van der Waals surface area (Å²) < 4.78 is 5.57. The number of rotatable bonds is 10. The number of nitrogens with zero attached hydrogens (tertiary/aromatic N) is 2. The van der Waals surface area contributed by atoms with Gasteiger partial charge in [-0.3, -0.25) is 14.9 Å². The molecule has 0 aliphatic carbocycles. The first-order chi connectivity index (χ1) is 13.0. The van der Waals surface area contributed by atoms with E-state index in [4.69, 9.17) is 16.3 Å². The monoisotopic (exact) mass is 409 g/mol. The molecule has 0 atom stereocenters. The number of benzene rings is 1. The fraction of sp³-hybridized carbons (Fsp3) is 0.278. The number of halogens is 1. The molecule has 2 rings (SSSR count). The Hall–Kier alpha value is -2.42. The van der Waals surface area contributed by atoms with Crippen LogP contribution in [-0.2, 0) is 11.3 Å². The Morgan fingerprint density at radius 3 is 2.81 bits per heavy atom. The van der Waals surface area contributed by atoms with E-state index < -0.39 is 4.92 Å². The first-order valence-electron chi connectivity index (χ1n) is 8.12. The van der Waals surface area contributed by atoms with Crippen LogP contribution < -0.4 is 5.32 Å². The highest BCUT2D eigenvalue weighted by molar-refractivity contribution is 7.16. The molecule has 1 aromatic heterocycles. The van der Waals surface area contributed by atoms with E-state index in [1.54, 1.807) is 30.2 Å². The van der Waals surface area contributed by atoms with Crippen molar-refractivity contribution in [3.8, 4) is 0 Å². The smallest absolute Gasteiger partial charge is 0.293 e. The summed E-state index contributed by atoms with van der Waals surface area (Å²) in [7, 11) is 1.55. The number of amides is 1. The van der Waals surface area contributed by atoms with Gasteiger partial charge in [0.2, 0.25) is 0 Å². The van der Waals surface area contributed by atoms with Crippen LogP contribution >= 0.6 is 22.9 Å². The molecule has 1 heterocycles. The van der Waals surface area contributed by atoms with Gasteiger partial charge in [-0.15, -0.1) is 17.9 Å². The van der Waals surface area contributed by atoms with Crippen LogP contribution in [0.3, 0.4) is 0 Å². The molecule has 0 aliphatic heterocycles. The number of hydrogen-bond acceptors (Lipinski definition) is 6. The van der Waals surface area contributed by atoms with E-state index >= 15 is 0 Å². The highest BCUT2D eigenvalue weighted by Gasteiger charge is 2.21. The zero-order chi connectivity index (χ0) is 19.8. The fourth-order valence-electron chi connectivity index (χ4n) is 2.44. The number of methoxy groups -OCH3 is 1. The van der Waals surface area contributed by atoms with Crippen molar-refractivity contribution in [1.29, 1.82) is 0 Å². The first kappa shape index (κ1) is 20.9. The largest absolute Gasteiger partial charge is 0.383 e. The van der Waals surface area contributed by atoms with Crippen LogP contribution in [0, 0.1) is 10.1 Å². The van der Waals surface area contributed by atoms with Crippen LogP contribution in [0.5, 0.6) is 0 Å². The number of carbonyl (C=O) groups excluding carboxylic acids is 1. The molecule has 1 amide bonds. The molecule has 0 bridgehead atoms. The molecular weight excluding hydrogens is 390 g/mol. The minimum Gasteiger partial charge on any atom is -0.383 e. The van der Waals surface area contributed by atoms with Gasteiger partial charge in [-0.2, -0.15) is 0 Å². The molecule has 9 heteroatoms. The van der Waals surface area contributed by atoms with Crippen LogP contribution in [0.1, 0.15) is 15.2 Å². The molecule has 7 nitrogen and oxygen atoms in total. The van der Waals surface area contributed by atoms with E-state index in [1.807, 2.05) is 6.07 Å². The van der Waals surface area contributed by atoms with Gasteiger partial charge >= 0.3 is 0 Å². The Balaban J connectivity index is 2.24. The number of anilines is 1. The van der Waals surface area contributed by atoms with Gasteiger partial charge in [0.15, 0.2) is 0 Å². The van der Waals surface area contributed by atoms with Crippen molar-refractivity contribution in [2.45, 2.75) is 6.54 Å². The van der Waals surface area contributed by atoms with Gasteiger partial charge in [-0.05, 0) is 24.3 Å². The lowest BCUT2D eigenvalue weighted by Gasteiger charge is -2.20. The normalized spacial score (nSPS) is 10.4. The number of hydrogen-bond donors (Lipinski definition) is 1. The fourth-order valence-corrected chi connectivity index (χ4v) is 3.54. The number of ether oxygens (including phenoxy) is 1. The molecule has 1 aromatic carbocycles. The molecule has 27 heavy (non-hydrogen) atoms. The van der Waals surface area contributed by atoms with Gasteiger partial charge in [-0.1, -0.05) is 17.7 Å².